The van der Waals surface area contributed by atoms with Crippen molar-refractivity contribution in [1.29, 1.82) is 0 Å². The Balaban J connectivity index is 0.00000145. The lowest BCUT2D eigenvalue weighted by Crippen LogP contribution is -2.33. The number of hydrogen-bond donors (Lipinski definition) is 3. The van der Waals surface area contributed by atoms with Crippen LogP contribution in [0.15, 0.2) is 69.9 Å². The smallest absolute Gasteiger partial charge is 0.141 e. The van der Waals surface area contributed by atoms with Gasteiger partial charge in [-0.15, -0.1) is 11.3 Å². The van der Waals surface area contributed by atoms with E-state index >= 15 is 0 Å². The van der Waals surface area contributed by atoms with Crippen LogP contribution in [-0.2, 0) is 0 Å². The van der Waals surface area contributed by atoms with Gasteiger partial charge in [0.15, 0.2) is 0 Å². The Morgan fingerprint density at radius 3 is 2.69 bits per heavy atom. The van der Waals surface area contributed by atoms with Gasteiger partial charge in [-0.1, -0.05) is 45.6 Å². The first-order valence-corrected chi connectivity index (χ1v) is 11.5. The zero-order chi connectivity index (χ0) is 21.4. The summed E-state index contributed by atoms with van der Waals surface area (Å²) in [4.78, 5) is 5.53. The van der Waals surface area contributed by atoms with Gasteiger partial charge in [0.05, 0.1) is 10.6 Å². The molecule has 0 aliphatic heterocycles. The van der Waals surface area contributed by atoms with E-state index in [4.69, 9.17) is 11.5 Å². The summed E-state index contributed by atoms with van der Waals surface area (Å²) in [5.74, 6) is 0.534. The molecule has 0 saturated carbocycles. The molecular formula is C24H36N4S. The van der Waals surface area contributed by atoms with Gasteiger partial charge < -0.3 is 16.8 Å². The molecule has 29 heavy (non-hydrogen) atoms. The quantitative estimate of drug-likeness (QED) is 0.440. The fourth-order valence-corrected chi connectivity index (χ4v) is 4.36. The fourth-order valence-electron chi connectivity index (χ4n) is 3.73. The van der Waals surface area contributed by atoms with E-state index in [9.17, 15) is 0 Å². The monoisotopic (exact) mass is 412 g/mol. The summed E-state index contributed by atoms with van der Waals surface area (Å²) >= 11 is 1.59. The van der Waals surface area contributed by atoms with Crippen molar-refractivity contribution in [3.63, 3.8) is 0 Å². The number of thiophene rings is 1. The number of rotatable bonds is 6. The van der Waals surface area contributed by atoms with E-state index in [1.54, 1.807) is 11.3 Å². The summed E-state index contributed by atoms with van der Waals surface area (Å²) in [6, 6.07) is 4.53. The summed E-state index contributed by atoms with van der Waals surface area (Å²) in [5, 5.41) is 5.53. The van der Waals surface area contributed by atoms with Crippen molar-refractivity contribution < 1.29 is 0 Å². The minimum absolute atomic E-state index is 0.256. The maximum absolute atomic E-state index is 6.49. The highest BCUT2D eigenvalue weighted by Gasteiger charge is 2.34. The van der Waals surface area contributed by atoms with E-state index in [1.165, 1.54) is 5.57 Å². The highest BCUT2D eigenvalue weighted by atomic mass is 32.1. The van der Waals surface area contributed by atoms with Crippen LogP contribution in [0.2, 0.25) is 0 Å². The standard InChI is InChI=1S/C22H30N4S.C2H6/c1-4-25-17-9-7-16(8-10-17)15(2)22(3)12-11-18(14-20(22)23)26-21(24)19-6-5-13-27-19;1-2/h5-7,11,13-14,17,25H,2,4,8-10,12,23H2,1,3H3,(H2,24,26);1-2H3. The van der Waals surface area contributed by atoms with Crippen LogP contribution in [-0.4, -0.2) is 18.4 Å². The van der Waals surface area contributed by atoms with Gasteiger partial charge in [0.1, 0.15) is 5.84 Å². The summed E-state index contributed by atoms with van der Waals surface area (Å²) in [6.07, 6.45) is 10.5. The molecule has 0 radical (unpaired) electrons. The van der Waals surface area contributed by atoms with Crippen molar-refractivity contribution in [2.45, 2.75) is 59.4 Å². The van der Waals surface area contributed by atoms with Crippen LogP contribution in [0.25, 0.3) is 0 Å². The van der Waals surface area contributed by atoms with E-state index in [1.807, 2.05) is 37.4 Å². The molecule has 5 N–H and O–H groups in total. The average molecular weight is 413 g/mol. The first-order chi connectivity index (χ1) is 13.9. The topological polar surface area (TPSA) is 76.4 Å². The van der Waals surface area contributed by atoms with Gasteiger partial charge in [-0.3, -0.25) is 0 Å². The predicted octanol–water partition coefficient (Wildman–Crippen LogP) is 5.26. The molecule has 4 nitrogen and oxygen atoms in total. The second kappa shape index (κ2) is 10.6. The van der Waals surface area contributed by atoms with Crippen molar-refractivity contribution in [2.75, 3.05) is 6.54 Å². The van der Waals surface area contributed by atoms with Crippen LogP contribution in [0.4, 0.5) is 0 Å². The van der Waals surface area contributed by atoms with Crippen molar-refractivity contribution in [3.05, 3.63) is 69.7 Å². The van der Waals surface area contributed by atoms with E-state index in [-0.39, 0.29) is 5.41 Å². The number of amidine groups is 1. The lowest BCUT2D eigenvalue weighted by atomic mass is 9.70. The molecule has 0 amide bonds. The third-order valence-electron chi connectivity index (χ3n) is 5.64. The molecule has 3 rings (SSSR count). The van der Waals surface area contributed by atoms with Gasteiger partial charge >= 0.3 is 0 Å². The Morgan fingerprint density at radius 1 is 1.38 bits per heavy atom. The Bertz CT molecular complexity index is 814. The molecule has 2 unspecified atom stereocenters. The molecule has 0 spiro atoms. The molecule has 1 aromatic rings. The maximum atomic E-state index is 6.49. The van der Waals surface area contributed by atoms with Gasteiger partial charge in [0, 0.05) is 17.2 Å². The summed E-state index contributed by atoms with van der Waals surface area (Å²) in [7, 11) is 0. The maximum Gasteiger partial charge on any atom is 0.141 e. The molecule has 0 fully saturated rings. The highest BCUT2D eigenvalue weighted by molar-refractivity contribution is 7.12. The van der Waals surface area contributed by atoms with Crippen LogP contribution in [0, 0.1) is 5.41 Å². The van der Waals surface area contributed by atoms with E-state index in [0.29, 0.717) is 11.9 Å². The van der Waals surface area contributed by atoms with Crippen molar-refractivity contribution in [3.8, 4) is 0 Å². The first-order valence-electron chi connectivity index (χ1n) is 10.6. The van der Waals surface area contributed by atoms with E-state index < -0.39 is 0 Å². The molecule has 0 saturated heterocycles. The largest absolute Gasteiger partial charge is 0.401 e. The van der Waals surface area contributed by atoms with Crippen molar-refractivity contribution in [1.82, 2.24) is 5.32 Å². The summed E-state index contributed by atoms with van der Waals surface area (Å²) < 4.78 is 0. The van der Waals surface area contributed by atoms with Crippen LogP contribution >= 0.6 is 11.3 Å². The van der Waals surface area contributed by atoms with E-state index in [2.05, 4.69) is 42.9 Å². The Labute approximate surface area is 180 Å². The lowest BCUT2D eigenvalue weighted by molar-refractivity contribution is 0.450. The normalized spacial score (nSPS) is 24.6. The van der Waals surface area contributed by atoms with Crippen LogP contribution in [0.3, 0.4) is 0 Å². The van der Waals surface area contributed by atoms with Crippen LogP contribution in [0.1, 0.15) is 58.3 Å². The Morgan fingerprint density at radius 2 is 2.14 bits per heavy atom. The first kappa shape index (κ1) is 23.2. The predicted molar refractivity (Wildman–Crippen MR) is 128 cm³/mol. The molecule has 0 bridgehead atoms. The second-order valence-corrected chi connectivity index (χ2v) is 8.42. The second-order valence-electron chi connectivity index (χ2n) is 7.48. The lowest BCUT2D eigenvalue weighted by Gasteiger charge is -2.37. The number of allylic oxidation sites excluding steroid dienone is 4. The summed E-state index contributed by atoms with van der Waals surface area (Å²) in [6.45, 7) is 13.8. The average Bonchev–Trinajstić information content (AvgIpc) is 3.28. The van der Waals surface area contributed by atoms with Gasteiger partial charge in [-0.2, -0.15) is 0 Å². The zero-order valence-electron chi connectivity index (χ0n) is 18.3. The molecule has 2 aliphatic rings. The molecule has 2 aliphatic carbocycles. The van der Waals surface area contributed by atoms with Crippen LogP contribution in [0.5, 0.6) is 0 Å². The van der Waals surface area contributed by atoms with Gasteiger partial charge in [-0.05, 0) is 67.8 Å². The van der Waals surface area contributed by atoms with Crippen LogP contribution < -0.4 is 16.8 Å². The van der Waals surface area contributed by atoms with Crippen molar-refractivity contribution >= 4 is 17.2 Å². The third kappa shape index (κ3) is 5.49. The Kier molecular flexibility index (Phi) is 8.47. The fraction of sp³-hybridized carbons (Fsp3) is 0.458. The number of nitrogens with zero attached hydrogens (tertiary/aromatic N) is 1. The third-order valence-corrected chi connectivity index (χ3v) is 6.53. The summed E-state index contributed by atoms with van der Waals surface area (Å²) in [5.41, 5.74) is 16.5. The minimum atomic E-state index is -0.256. The van der Waals surface area contributed by atoms with Gasteiger partial charge in [0.25, 0.3) is 0 Å². The molecule has 1 aromatic heterocycles. The zero-order valence-corrected chi connectivity index (χ0v) is 19.1. The highest BCUT2D eigenvalue weighted by Crippen LogP contribution is 2.44. The number of aliphatic imine (C=N–C) groups is 1. The molecule has 5 heteroatoms. The molecule has 1 heterocycles. The van der Waals surface area contributed by atoms with Gasteiger partial charge in [-0.25, -0.2) is 4.99 Å². The molecule has 0 aromatic carbocycles. The minimum Gasteiger partial charge on any atom is -0.401 e. The number of nitrogens with two attached hydrogens (primary N) is 2. The van der Waals surface area contributed by atoms with E-state index in [0.717, 1.165) is 54.1 Å². The Hall–Kier alpha value is -2.11. The number of hydrogen-bond acceptors (Lipinski definition) is 4. The van der Waals surface area contributed by atoms with Crippen molar-refractivity contribution in [2.24, 2.45) is 21.9 Å². The van der Waals surface area contributed by atoms with Gasteiger partial charge in [0.2, 0.25) is 0 Å². The molecule has 2 atom stereocenters. The molecule has 158 valence electrons. The molecular weight excluding hydrogens is 376 g/mol. The number of nitrogens with one attached hydrogen (secondary N) is 1. The SMILES string of the molecule is C=C(C1=CCC(NCC)CC1)C1(C)CC=C(N=C(N)c2cccs2)C=C1N.CC.